The van der Waals surface area contributed by atoms with Crippen LogP contribution in [0.1, 0.15) is 23.9 Å². The van der Waals surface area contributed by atoms with E-state index >= 15 is 0 Å². The fourth-order valence-electron chi connectivity index (χ4n) is 1.64. The average Bonchev–Trinajstić information content (AvgIpc) is 2.78. The second-order valence-corrected chi connectivity index (χ2v) is 4.11. The van der Waals surface area contributed by atoms with Crippen LogP contribution in [0.25, 0.3) is 11.5 Å². The number of benzene rings is 1. The number of rotatable bonds is 4. The summed E-state index contributed by atoms with van der Waals surface area (Å²) in [6, 6.07) is 6.22. The van der Waals surface area contributed by atoms with Crippen molar-refractivity contribution in [2.24, 2.45) is 0 Å². The van der Waals surface area contributed by atoms with E-state index in [2.05, 4.69) is 40.6 Å². The number of nitrogens with zero attached hydrogens (tertiary/aromatic N) is 2. The van der Waals surface area contributed by atoms with E-state index in [0.29, 0.717) is 18.3 Å². The smallest absolute Gasteiger partial charge is 0.258 e. The van der Waals surface area contributed by atoms with Gasteiger partial charge in [-0.05, 0) is 32.0 Å². The Bertz CT molecular complexity index is 505. The highest BCUT2D eigenvalue weighted by Crippen LogP contribution is 2.22. The van der Waals surface area contributed by atoms with Gasteiger partial charge in [0.05, 0.1) is 6.54 Å². The van der Waals surface area contributed by atoms with Crippen molar-refractivity contribution < 1.29 is 4.52 Å². The molecule has 1 aromatic carbocycles. The van der Waals surface area contributed by atoms with Crippen LogP contribution in [0.4, 0.5) is 0 Å². The van der Waals surface area contributed by atoms with Gasteiger partial charge in [0.1, 0.15) is 0 Å². The molecule has 90 valence electrons. The summed E-state index contributed by atoms with van der Waals surface area (Å²) in [5.74, 6) is 1.29. The molecule has 0 saturated carbocycles. The quantitative estimate of drug-likeness (QED) is 0.878. The molecular weight excluding hydrogens is 214 g/mol. The zero-order valence-corrected chi connectivity index (χ0v) is 10.4. The summed E-state index contributed by atoms with van der Waals surface area (Å²) in [4.78, 5) is 4.38. The van der Waals surface area contributed by atoms with E-state index in [0.717, 1.165) is 17.7 Å². The summed E-state index contributed by atoms with van der Waals surface area (Å²) < 4.78 is 5.28. The molecule has 0 bridgehead atoms. The summed E-state index contributed by atoms with van der Waals surface area (Å²) in [5.41, 5.74) is 3.35. The van der Waals surface area contributed by atoms with E-state index in [1.54, 1.807) is 0 Å². The van der Waals surface area contributed by atoms with Gasteiger partial charge in [0.2, 0.25) is 0 Å². The first-order valence-corrected chi connectivity index (χ1v) is 5.81. The molecule has 0 aliphatic carbocycles. The van der Waals surface area contributed by atoms with Gasteiger partial charge in [-0.3, -0.25) is 0 Å². The van der Waals surface area contributed by atoms with Crippen molar-refractivity contribution in [2.75, 3.05) is 6.54 Å². The van der Waals surface area contributed by atoms with E-state index in [4.69, 9.17) is 4.52 Å². The Labute approximate surface area is 101 Å². The molecule has 0 unspecified atom stereocenters. The van der Waals surface area contributed by atoms with Crippen molar-refractivity contribution in [3.63, 3.8) is 0 Å². The Morgan fingerprint density at radius 3 is 2.88 bits per heavy atom. The van der Waals surface area contributed by atoms with Crippen LogP contribution in [0.3, 0.4) is 0 Å². The Hall–Kier alpha value is -1.68. The van der Waals surface area contributed by atoms with Crippen molar-refractivity contribution >= 4 is 0 Å². The molecule has 2 rings (SSSR count). The van der Waals surface area contributed by atoms with Crippen molar-refractivity contribution in [3.8, 4) is 11.5 Å². The van der Waals surface area contributed by atoms with E-state index in [-0.39, 0.29) is 0 Å². The van der Waals surface area contributed by atoms with Crippen molar-refractivity contribution in [2.45, 2.75) is 27.3 Å². The molecule has 0 amide bonds. The molecule has 0 fully saturated rings. The highest BCUT2D eigenvalue weighted by Gasteiger charge is 2.10. The lowest BCUT2D eigenvalue weighted by Gasteiger charge is -2.01. The fourth-order valence-corrected chi connectivity index (χ4v) is 1.64. The van der Waals surface area contributed by atoms with Gasteiger partial charge in [0, 0.05) is 5.56 Å². The zero-order chi connectivity index (χ0) is 12.3. The summed E-state index contributed by atoms with van der Waals surface area (Å²) in [7, 11) is 0. The van der Waals surface area contributed by atoms with Crippen molar-refractivity contribution in [3.05, 3.63) is 35.2 Å². The molecule has 0 spiro atoms. The fraction of sp³-hybridized carbons (Fsp3) is 0.385. The molecule has 0 radical (unpaired) electrons. The minimum absolute atomic E-state index is 0.596. The second-order valence-electron chi connectivity index (χ2n) is 4.11. The van der Waals surface area contributed by atoms with E-state index in [9.17, 15) is 0 Å². The van der Waals surface area contributed by atoms with E-state index in [1.807, 2.05) is 13.8 Å². The Kier molecular flexibility index (Phi) is 3.54. The molecule has 1 heterocycles. The van der Waals surface area contributed by atoms with E-state index < -0.39 is 0 Å². The summed E-state index contributed by atoms with van der Waals surface area (Å²) in [6.07, 6.45) is 0. The topological polar surface area (TPSA) is 51.0 Å². The zero-order valence-electron chi connectivity index (χ0n) is 10.4. The maximum absolute atomic E-state index is 5.28. The van der Waals surface area contributed by atoms with Crippen LogP contribution in [-0.2, 0) is 6.54 Å². The molecule has 0 aliphatic heterocycles. The predicted molar refractivity (Wildman–Crippen MR) is 66.6 cm³/mol. The maximum Gasteiger partial charge on any atom is 0.258 e. The van der Waals surface area contributed by atoms with Gasteiger partial charge < -0.3 is 9.84 Å². The van der Waals surface area contributed by atoms with Crippen LogP contribution in [0, 0.1) is 13.8 Å². The van der Waals surface area contributed by atoms with Gasteiger partial charge in [0.15, 0.2) is 5.82 Å². The van der Waals surface area contributed by atoms with Crippen molar-refractivity contribution in [1.82, 2.24) is 15.5 Å². The molecule has 2 aromatic rings. The Morgan fingerprint density at radius 1 is 1.29 bits per heavy atom. The third-order valence-corrected chi connectivity index (χ3v) is 2.62. The summed E-state index contributed by atoms with van der Waals surface area (Å²) in [6.45, 7) is 7.69. The monoisotopic (exact) mass is 231 g/mol. The van der Waals surface area contributed by atoms with Crippen LogP contribution in [0.15, 0.2) is 22.7 Å². The lowest BCUT2D eigenvalue weighted by molar-refractivity contribution is 0.419. The van der Waals surface area contributed by atoms with Gasteiger partial charge in [-0.25, -0.2) is 0 Å². The van der Waals surface area contributed by atoms with Crippen LogP contribution < -0.4 is 5.32 Å². The maximum atomic E-state index is 5.28. The number of hydrogen-bond donors (Lipinski definition) is 1. The van der Waals surface area contributed by atoms with Crippen LogP contribution in [-0.4, -0.2) is 16.7 Å². The summed E-state index contributed by atoms with van der Waals surface area (Å²) >= 11 is 0. The van der Waals surface area contributed by atoms with Gasteiger partial charge in [-0.15, -0.1) is 0 Å². The largest absolute Gasteiger partial charge is 0.334 e. The molecule has 0 saturated heterocycles. The van der Waals surface area contributed by atoms with Gasteiger partial charge in [-0.2, -0.15) is 4.98 Å². The number of aryl methyl sites for hydroxylation is 2. The molecule has 4 nitrogen and oxygen atoms in total. The highest BCUT2D eigenvalue weighted by molar-refractivity contribution is 5.59. The third kappa shape index (κ3) is 2.71. The van der Waals surface area contributed by atoms with Gasteiger partial charge in [0.25, 0.3) is 5.89 Å². The highest BCUT2D eigenvalue weighted by atomic mass is 16.5. The lowest BCUT2D eigenvalue weighted by Crippen LogP contribution is -2.12. The molecule has 1 N–H and O–H groups in total. The van der Waals surface area contributed by atoms with Crippen LogP contribution >= 0.6 is 0 Å². The lowest BCUT2D eigenvalue weighted by atomic mass is 10.1. The second kappa shape index (κ2) is 5.10. The SMILES string of the molecule is CCNCc1noc(-c2cc(C)ccc2C)n1. The van der Waals surface area contributed by atoms with Crippen LogP contribution in [0.5, 0.6) is 0 Å². The molecular formula is C13H17N3O. The Morgan fingerprint density at radius 2 is 2.12 bits per heavy atom. The van der Waals surface area contributed by atoms with Crippen LogP contribution in [0.2, 0.25) is 0 Å². The molecule has 0 aliphatic rings. The molecule has 0 atom stereocenters. The van der Waals surface area contributed by atoms with Crippen molar-refractivity contribution in [1.29, 1.82) is 0 Å². The standard InChI is InChI=1S/C13H17N3O/c1-4-14-8-12-15-13(17-16-12)11-7-9(2)5-6-10(11)3/h5-7,14H,4,8H2,1-3H3. The number of hydrogen-bond acceptors (Lipinski definition) is 4. The van der Waals surface area contributed by atoms with E-state index in [1.165, 1.54) is 5.56 Å². The molecule has 1 aromatic heterocycles. The van der Waals surface area contributed by atoms with Gasteiger partial charge in [-0.1, -0.05) is 29.8 Å². The van der Waals surface area contributed by atoms with Gasteiger partial charge >= 0.3 is 0 Å². The normalized spacial score (nSPS) is 10.8. The predicted octanol–water partition coefficient (Wildman–Crippen LogP) is 2.46. The Balaban J connectivity index is 2.27. The first-order valence-electron chi connectivity index (χ1n) is 5.81. The molecule has 17 heavy (non-hydrogen) atoms. The third-order valence-electron chi connectivity index (χ3n) is 2.62. The average molecular weight is 231 g/mol. The molecule has 4 heteroatoms. The number of nitrogens with one attached hydrogen (secondary N) is 1. The number of aromatic nitrogens is 2. The minimum Gasteiger partial charge on any atom is -0.334 e. The minimum atomic E-state index is 0.596. The first-order chi connectivity index (χ1) is 8.20. The first kappa shape index (κ1) is 11.8. The summed E-state index contributed by atoms with van der Waals surface area (Å²) in [5, 5.41) is 7.12.